The van der Waals surface area contributed by atoms with Crippen LogP contribution in [0.2, 0.25) is 0 Å². The largest absolute Gasteiger partial charge is 0.295 e. The smallest absolute Gasteiger partial charge is 0.238 e. The summed E-state index contributed by atoms with van der Waals surface area (Å²) in [6, 6.07) is 11.7. The Labute approximate surface area is 124 Å². The van der Waals surface area contributed by atoms with Crippen LogP contribution in [-0.2, 0) is 4.79 Å². The van der Waals surface area contributed by atoms with Crippen molar-refractivity contribution in [3.63, 3.8) is 0 Å². The van der Waals surface area contributed by atoms with Gasteiger partial charge in [0.25, 0.3) is 0 Å². The standard InChI is InChI=1S/C14H11BrN2OS/c15-11-3-5-12(6-4-11)17-13(18)9-19-14(17)10-2-1-7-16-8-10/h1-8,14H,9H2. The molecular formula is C14H11BrN2OS. The van der Waals surface area contributed by atoms with E-state index in [9.17, 15) is 4.79 Å². The Kier molecular flexibility index (Phi) is 3.57. The molecule has 2 aromatic rings. The molecule has 3 nitrogen and oxygen atoms in total. The summed E-state index contributed by atoms with van der Waals surface area (Å²) in [5, 5.41) is 0.0161. The summed E-state index contributed by atoms with van der Waals surface area (Å²) in [5.74, 6) is 0.650. The highest BCUT2D eigenvalue weighted by Gasteiger charge is 2.33. The van der Waals surface area contributed by atoms with Crippen LogP contribution in [-0.4, -0.2) is 16.6 Å². The number of nitrogens with zero attached hydrogens (tertiary/aromatic N) is 2. The molecule has 0 saturated carbocycles. The molecule has 1 saturated heterocycles. The van der Waals surface area contributed by atoms with Crippen molar-refractivity contribution < 1.29 is 4.79 Å². The lowest BCUT2D eigenvalue weighted by molar-refractivity contribution is -0.115. The monoisotopic (exact) mass is 334 g/mol. The van der Waals surface area contributed by atoms with Crippen LogP contribution >= 0.6 is 27.7 Å². The predicted molar refractivity (Wildman–Crippen MR) is 81.1 cm³/mol. The van der Waals surface area contributed by atoms with Crippen LogP contribution in [0.4, 0.5) is 5.69 Å². The number of carbonyl (C=O) groups is 1. The van der Waals surface area contributed by atoms with Crippen LogP contribution in [0.1, 0.15) is 10.9 Å². The van der Waals surface area contributed by atoms with Crippen molar-refractivity contribution in [3.8, 4) is 0 Å². The highest BCUT2D eigenvalue weighted by Crippen LogP contribution is 2.41. The van der Waals surface area contributed by atoms with Crippen LogP contribution in [0.25, 0.3) is 0 Å². The van der Waals surface area contributed by atoms with E-state index in [-0.39, 0.29) is 11.3 Å². The van der Waals surface area contributed by atoms with Crippen molar-refractivity contribution in [3.05, 3.63) is 58.8 Å². The fourth-order valence-electron chi connectivity index (χ4n) is 2.07. The third-order valence-corrected chi connectivity index (χ3v) is 4.68. The second kappa shape index (κ2) is 5.35. The van der Waals surface area contributed by atoms with Gasteiger partial charge in [0.05, 0.1) is 5.75 Å². The van der Waals surface area contributed by atoms with E-state index in [1.54, 1.807) is 18.0 Å². The molecular weight excluding hydrogens is 324 g/mol. The summed E-state index contributed by atoms with van der Waals surface area (Å²) in [6.07, 6.45) is 3.57. The van der Waals surface area contributed by atoms with Gasteiger partial charge in [0.2, 0.25) is 5.91 Å². The zero-order valence-corrected chi connectivity index (χ0v) is 12.4. The Morgan fingerprint density at radius 3 is 2.74 bits per heavy atom. The number of anilines is 1. The highest BCUT2D eigenvalue weighted by molar-refractivity contribution is 9.10. The molecule has 5 heteroatoms. The van der Waals surface area contributed by atoms with Crippen LogP contribution in [0.15, 0.2) is 53.3 Å². The van der Waals surface area contributed by atoms with Gasteiger partial charge in [-0.2, -0.15) is 0 Å². The lowest BCUT2D eigenvalue weighted by Gasteiger charge is -2.24. The number of hydrogen-bond donors (Lipinski definition) is 0. The Morgan fingerprint density at radius 2 is 2.05 bits per heavy atom. The van der Waals surface area contributed by atoms with Gasteiger partial charge in [-0.15, -0.1) is 11.8 Å². The summed E-state index contributed by atoms with van der Waals surface area (Å²) in [4.78, 5) is 18.1. The van der Waals surface area contributed by atoms with Gasteiger partial charge in [-0.05, 0) is 30.3 Å². The normalized spacial score (nSPS) is 18.9. The third-order valence-electron chi connectivity index (χ3n) is 2.94. The molecule has 0 N–H and O–H groups in total. The number of benzene rings is 1. The first-order valence-electron chi connectivity index (χ1n) is 5.85. The van der Waals surface area contributed by atoms with E-state index in [2.05, 4.69) is 20.9 Å². The van der Waals surface area contributed by atoms with Gasteiger partial charge < -0.3 is 0 Å². The minimum absolute atomic E-state index is 0.0161. The van der Waals surface area contributed by atoms with Crippen LogP contribution in [0.3, 0.4) is 0 Å². The molecule has 1 unspecified atom stereocenters. The molecule has 1 aromatic heterocycles. The topological polar surface area (TPSA) is 33.2 Å². The maximum absolute atomic E-state index is 12.1. The zero-order valence-electron chi connectivity index (χ0n) is 9.99. The molecule has 2 heterocycles. The Balaban J connectivity index is 1.97. The van der Waals surface area contributed by atoms with E-state index in [1.807, 2.05) is 47.5 Å². The predicted octanol–water partition coefficient (Wildman–Crippen LogP) is 3.62. The summed E-state index contributed by atoms with van der Waals surface area (Å²) in [5.41, 5.74) is 1.98. The molecule has 3 rings (SSSR count). The van der Waals surface area contributed by atoms with Crippen molar-refractivity contribution >= 4 is 39.3 Å². The van der Waals surface area contributed by atoms with E-state index in [0.29, 0.717) is 5.75 Å². The molecule has 0 bridgehead atoms. The van der Waals surface area contributed by atoms with Gasteiger partial charge in [0, 0.05) is 28.1 Å². The van der Waals surface area contributed by atoms with Crippen molar-refractivity contribution in [2.24, 2.45) is 0 Å². The summed E-state index contributed by atoms with van der Waals surface area (Å²) in [7, 11) is 0. The average molecular weight is 335 g/mol. The number of carbonyl (C=O) groups excluding carboxylic acids is 1. The number of thioether (sulfide) groups is 1. The first-order valence-corrected chi connectivity index (χ1v) is 7.69. The summed E-state index contributed by atoms with van der Waals surface area (Å²) < 4.78 is 1.01. The third kappa shape index (κ3) is 2.53. The molecule has 0 radical (unpaired) electrons. The maximum Gasteiger partial charge on any atom is 0.238 e. The number of aromatic nitrogens is 1. The molecule has 19 heavy (non-hydrogen) atoms. The number of rotatable bonds is 2. The van der Waals surface area contributed by atoms with Gasteiger partial charge in [-0.25, -0.2) is 0 Å². The van der Waals surface area contributed by atoms with E-state index >= 15 is 0 Å². The van der Waals surface area contributed by atoms with Gasteiger partial charge in [0.15, 0.2) is 0 Å². The number of pyridine rings is 1. The minimum atomic E-state index is 0.0161. The lowest BCUT2D eigenvalue weighted by Crippen LogP contribution is -2.27. The molecule has 96 valence electrons. The molecule has 1 aliphatic rings. The molecule has 1 fully saturated rings. The second-order valence-corrected chi connectivity index (χ2v) is 6.17. The minimum Gasteiger partial charge on any atom is -0.295 e. The van der Waals surface area contributed by atoms with Crippen molar-refractivity contribution in [1.82, 2.24) is 4.98 Å². The van der Waals surface area contributed by atoms with Gasteiger partial charge >= 0.3 is 0 Å². The van der Waals surface area contributed by atoms with E-state index in [0.717, 1.165) is 15.7 Å². The average Bonchev–Trinajstić information content (AvgIpc) is 2.83. The molecule has 1 aromatic carbocycles. The second-order valence-electron chi connectivity index (χ2n) is 4.19. The lowest BCUT2D eigenvalue weighted by atomic mass is 10.2. The molecule has 1 aliphatic heterocycles. The molecule has 0 spiro atoms. The van der Waals surface area contributed by atoms with Crippen molar-refractivity contribution in [1.29, 1.82) is 0 Å². The van der Waals surface area contributed by atoms with Gasteiger partial charge in [0.1, 0.15) is 5.37 Å². The number of amides is 1. The van der Waals surface area contributed by atoms with Gasteiger partial charge in [-0.3, -0.25) is 14.7 Å². The first-order chi connectivity index (χ1) is 9.25. The molecule has 0 aliphatic carbocycles. The fraction of sp³-hybridized carbons (Fsp3) is 0.143. The number of hydrogen-bond acceptors (Lipinski definition) is 3. The fourth-order valence-corrected chi connectivity index (χ4v) is 3.50. The highest BCUT2D eigenvalue weighted by atomic mass is 79.9. The zero-order chi connectivity index (χ0) is 13.2. The van der Waals surface area contributed by atoms with Crippen LogP contribution in [0.5, 0.6) is 0 Å². The first kappa shape index (κ1) is 12.7. The van der Waals surface area contributed by atoms with Crippen molar-refractivity contribution in [2.75, 3.05) is 10.7 Å². The summed E-state index contributed by atoms with van der Waals surface area (Å²) in [6.45, 7) is 0. The van der Waals surface area contributed by atoms with E-state index < -0.39 is 0 Å². The van der Waals surface area contributed by atoms with Gasteiger partial charge in [-0.1, -0.05) is 22.0 Å². The van der Waals surface area contributed by atoms with Crippen molar-refractivity contribution in [2.45, 2.75) is 5.37 Å². The van der Waals surface area contributed by atoms with E-state index in [4.69, 9.17) is 0 Å². The summed E-state index contributed by atoms with van der Waals surface area (Å²) >= 11 is 5.05. The Hall–Kier alpha value is -1.33. The molecule has 1 atom stereocenters. The quantitative estimate of drug-likeness (QED) is 0.840. The Morgan fingerprint density at radius 1 is 1.26 bits per heavy atom. The SMILES string of the molecule is O=C1CSC(c2cccnc2)N1c1ccc(Br)cc1. The van der Waals surface area contributed by atoms with Crippen LogP contribution < -0.4 is 4.90 Å². The van der Waals surface area contributed by atoms with E-state index in [1.165, 1.54) is 0 Å². The van der Waals surface area contributed by atoms with Crippen LogP contribution in [0, 0.1) is 0 Å². The maximum atomic E-state index is 12.1. The number of halogens is 1. The Bertz CT molecular complexity index is 588. The molecule has 1 amide bonds.